The van der Waals surface area contributed by atoms with Crippen LogP contribution in [0.4, 0.5) is 11.5 Å². The largest absolute Gasteiger partial charge is 0.451 e. The number of carbonyl (C=O) groups excluding carboxylic acids is 1. The van der Waals surface area contributed by atoms with Gasteiger partial charge in [-0.15, -0.1) is 0 Å². The van der Waals surface area contributed by atoms with Gasteiger partial charge in [0.1, 0.15) is 11.4 Å². The van der Waals surface area contributed by atoms with E-state index in [2.05, 4.69) is 10.3 Å². The summed E-state index contributed by atoms with van der Waals surface area (Å²) in [6.07, 6.45) is 1.52. The van der Waals surface area contributed by atoms with E-state index >= 15 is 0 Å². The summed E-state index contributed by atoms with van der Waals surface area (Å²) >= 11 is 0. The van der Waals surface area contributed by atoms with Crippen LogP contribution in [0.2, 0.25) is 0 Å². The van der Waals surface area contributed by atoms with Crippen LogP contribution in [0.3, 0.4) is 0 Å². The highest BCUT2D eigenvalue weighted by Crippen LogP contribution is 2.20. The van der Waals surface area contributed by atoms with Crippen LogP contribution in [-0.2, 0) is 0 Å². The lowest BCUT2D eigenvalue weighted by atomic mass is 10.2. The number of benzene rings is 1. The Kier molecular flexibility index (Phi) is 2.87. The molecule has 1 amide bonds. The molecule has 3 rings (SSSR count). The van der Waals surface area contributed by atoms with Gasteiger partial charge in [0.25, 0.3) is 5.91 Å². The number of carbonyl (C=O) groups is 1. The first-order valence-electron chi connectivity index (χ1n) is 6.15. The van der Waals surface area contributed by atoms with E-state index in [0.717, 1.165) is 10.9 Å². The highest BCUT2D eigenvalue weighted by atomic mass is 16.3. The maximum absolute atomic E-state index is 12.1. The molecule has 0 radical (unpaired) electrons. The summed E-state index contributed by atoms with van der Waals surface area (Å²) in [5.74, 6) is 0.363. The molecule has 0 aliphatic heterocycles. The number of nitrogen functional groups attached to an aromatic ring is 1. The van der Waals surface area contributed by atoms with Gasteiger partial charge in [0.15, 0.2) is 5.76 Å². The van der Waals surface area contributed by atoms with Gasteiger partial charge in [-0.25, -0.2) is 4.98 Å². The molecule has 0 saturated heterocycles. The predicted octanol–water partition coefficient (Wildman–Crippen LogP) is 2.97. The lowest BCUT2D eigenvalue weighted by Crippen LogP contribution is -2.12. The molecule has 0 bridgehead atoms. The van der Waals surface area contributed by atoms with Crippen molar-refractivity contribution in [3.63, 3.8) is 0 Å². The summed E-state index contributed by atoms with van der Waals surface area (Å²) in [4.78, 5) is 16.2. The van der Waals surface area contributed by atoms with Gasteiger partial charge in [-0.2, -0.15) is 0 Å². The van der Waals surface area contributed by atoms with Crippen LogP contribution in [0.5, 0.6) is 0 Å². The lowest BCUT2D eigenvalue weighted by Gasteiger charge is -2.04. The highest BCUT2D eigenvalue weighted by Gasteiger charge is 2.13. The Balaban J connectivity index is 1.86. The second kappa shape index (κ2) is 4.70. The van der Waals surface area contributed by atoms with Gasteiger partial charge < -0.3 is 15.5 Å². The molecule has 0 fully saturated rings. The number of amides is 1. The summed E-state index contributed by atoms with van der Waals surface area (Å²) in [7, 11) is 0. The Labute approximate surface area is 115 Å². The molecule has 2 aromatic heterocycles. The fourth-order valence-corrected chi connectivity index (χ4v) is 1.91. The number of rotatable bonds is 2. The van der Waals surface area contributed by atoms with Crippen molar-refractivity contribution in [3.05, 3.63) is 53.9 Å². The van der Waals surface area contributed by atoms with Crippen molar-refractivity contribution < 1.29 is 9.21 Å². The van der Waals surface area contributed by atoms with E-state index in [9.17, 15) is 4.79 Å². The lowest BCUT2D eigenvalue weighted by molar-refractivity contribution is 0.0998. The summed E-state index contributed by atoms with van der Waals surface area (Å²) in [6, 6.07) is 10.9. The fourth-order valence-electron chi connectivity index (χ4n) is 1.91. The molecule has 1 aromatic carbocycles. The minimum atomic E-state index is -0.335. The normalized spacial score (nSPS) is 10.7. The molecule has 3 aromatic rings. The Morgan fingerprint density at radius 2 is 2.10 bits per heavy atom. The van der Waals surface area contributed by atoms with E-state index in [-0.39, 0.29) is 11.7 Å². The second-order valence-corrected chi connectivity index (χ2v) is 4.53. The molecular formula is C15H13N3O2. The monoisotopic (exact) mass is 267 g/mol. The van der Waals surface area contributed by atoms with Crippen LogP contribution < -0.4 is 11.1 Å². The third kappa shape index (κ3) is 2.21. The number of nitrogens with one attached hydrogen (secondary N) is 1. The predicted molar refractivity (Wildman–Crippen MR) is 77.6 cm³/mol. The van der Waals surface area contributed by atoms with Crippen molar-refractivity contribution in [1.82, 2.24) is 4.98 Å². The zero-order valence-electron chi connectivity index (χ0n) is 10.9. The maximum atomic E-state index is 12.1. The molecule has 0 aliphatic rings. The van der Waals surface area contributed by atoms with E-state index in [4.69, 9.17) is 10.2 Å². The maximum Gasteiger partial charge on any atom is 0.292 e. The number of fused-ring (bicyclic) bond motifs is 1. The molecule has 0 unspecified atom stereocenters. The van der Waals surface area contributed by atoms with E-state index in [1.165, 1.54) is 6.20 Å². The summed E-state index contributed by atoms with van der Waals surface area (Å²) in [6.45, 7) is 1.86. The van der Waals surface area contributed by atoms with E-state index in [1.54, 1.807) is 12.1 Å². The molecule has 0 spiro atoms. The average molecular weight is 267 g/mol. The number of hydrogen-bond donors (Lipinski definition) is 2. The molecule has 20 heavy (non-hydrogen) atoms. The minimum Gasteiger partial charge on any atom is -0.451 e. The van der Waals surface area contributed by atoms with Crippen molar-refractivity contribution in [3.8, 4) is 0 Å². The molecule has 100 valence electrons. The SMILES string of the molecule is Cc1cc(NC(=O)c2cc3ccccc3o2)ncc1N. The third-order valence-electron chi connectivity index (χ3n) is 3.04. The van der Waals surface area contributed by atoms with Crippen LogP contribution in [0, 0.1) is 6.92 Å². The van der Waals surface area contributed by atoms with Gasteiger partial charge in [-0.1, -0.05) is 18.2 Å². The van der Waals surface area contributed by atoms with Crippen LogP contribution >= 0.6 is 0 Å². The quantitative estimate of drug-likeness (QED) is 0.748. The zero-order chi connectivity index (χ0) is 14.1. The molecule has 0 saturated carbocycles. The number of nitrogens with two attached hydrogens (primary N) is 1. The highest BCUT2D eigenvalue weighted by molar-refractivity contribution is 6.04. The van der Waals surface area contributed by atoms with Crippen LogP contribution in [0.25, 0.3) is 11.0 Å². The number of aryl methyl sites for hydroxylation is 1. The van der Waals surface area contributed by atoms with Gasteiger partial charge in [0.2, 0.25) is 0 Å². The number of aromatic nitrogens is 1. The van der Waals surface area contributed by atoms with Gasteiger partial charge in [-0.3, -0.25) is 4.79 Å². The smallest absolute Gasteiger partial charge is 0.292 e. The van der Waals surface area contributed by atoms with Crippen molar-refractivity contribution in [2.24, 2.45) is 0 Å². The number of nitrogens with zero attached hydrogens (tertiary/aromatic N) is 1. The molecule has 0 aliphatic carbocycles. The molecule has 3 N–H and O–H groups in total. The molecule has 5 heteroatoms. The van der Waals surface area contributed by atoms with Crippen molar-refractivity contribution >= 4 is 28.4 Å². The Morgan fingerprint density at radius 1 is 1.30 bits per heavy atom. The van der Waals surface area contributed by atoms with Gasteiger partial charge >= 0.3 is 0 Å². The summed E-state index contributed by atoms with van der Waals surface area (Å²) in [5, 5.41) is 3.58. The van der Waals surface area contributed by atoms with Crippen molar-refractivity contribution in [1.29, 1.82) is 0 Å². The van der Waals surface area contributed by atoms with Gasteiger partial charge in [0, 0.05) is 5.39 Å². The van der Waals surface area contributed by atoms with E-state index in [1.807, 2.05) is 31.2 Å². The van der Waals surface area contributed by atoms with Crippen molar-refractivity contribution in [2.45, 2.75) is 6.92 Å². The zero-order valence-corrected chi connectivity index (χ0v) is 10.9. The first kappa shape index (κ1) is 12.2. The second-order valence-electron chi connectivity index (χ2n) is 4.53. The number of anilines is 2. The Morgan fingerprint density at radius 3 is 2.85 bits per heavy atom. The van der Waals surface area contributed by atoms with Crippen molar-refractivity contribution in [2.75, 3.05) is 11.1 Å². The third-order valence-corrected chi connectivity index (χ3v) is 3.04. The first-order chi connectivity index (χ1) is 9.63. The number of furan rings is 1. The van der Waals surface area contributed by atoms with Crippen LogP contribution in [-0.4, -0.2) is 10.9 Å². The van der Waals surface area contributed by atoms with E-state index < -0.39 is 0 Å². The number of hydrogen-bond acceptors (Lipinski definition) is 4. The Hall–Kier alpha value is -2.82. The number of para-hydroxylation sites is 1. The summed E-state index contributed by atoms with van der Waals surface area (Å²) < 4.78 is 5.49. The van der Waals surface area contributed by atoms with E-state index in [0.29, 0.717) is 17.1 Å². The standard InChI is InChI=1S/C15H13N3O2/c1-9-6-14(17-8-11(9)16)18-15(19)13-7-10-4-2-3-5-12(10)20-13/h2-8H,16H2,1H3,(H,17,18,19). The molecule has 5 nitrogen and oxygen atoms in total. The topological polar surface area (TPSA) is 81.2 Å². The first-order valence-corrected chi connectivity index (χ1v) is 6.15. The number of pyridine rings is 1. The molecule has 2 heterocycles. The fraction of sp³-hybridized carbons (Fsp3) is 0.0667. The Bertz CT molecular complexity index is 760. The van der Waals surface area contributed by atoms with Gasteiger partial charge in [0.05, 0.1) is 11.9 Å². The summed E-state index contributed by atoms with van der Waals surface area (Å²) in [5.41, 5.74) is 7.82. The molecule has 0 atom stereocenters. The minimum absolute atomic E-state index is 0.252. The van der Waals surface area contributed by atoms with Gasteiger partial charge in [-0.05, 0) is 30.7 Å². The molecular weight excluding hydrogens is 254 g/mol. The van der Waals surface area contributed by atoms with Crippen LogP contribution in [0.15, 0.2) is 47.0 Å². The average Bonchev–Trinajstić information content (AvgIpc) is 2.87. The van der Waals surface area contributed by atoms with Crippen LogP contribution in [0.1, 0.15) is 16.1 Å².